The fourth-order valence-corrected chi connectivity index (χ4v) is 3.71. The summed E-state index contributed by atoms with van der Waals surface area (Å²) in [5, 5.41) is 21.4. The molecule has 4 aromatic rings. The number of nitrogens with zero attached hydrogens (tertiary/aromatic N) is 2. The topological polar surface area (TPSA) is 78.1 Å². The van der Waals surface area contributed by atoms with Gasteiger partial charge in [-0.05, 0) is 47.5 Å². The molecule has 30 heavy (non-hydrogen) atoms. The van der Waals surface area contributed by atoms with Gasteiger partial charge < -0.3 is 9.67 Å². The molecule has 148 valence electrons. The van der Waals surface area contributed by atoms with Gasteiger partial charge in [-0.3, -0.25) is 9.63 Å². The normalized spacial score (nSPS) is 12.9. The third-order valence-electron chi connectivity index (χ3n) is 5.03. The van der Waals surface area contributed by atoms with Crippen LogP contribution in [0.3, 0.4) is 0 Å². The highest BCUT2D eigenvalue weighted by Crippen LogP contribution is 2.32. The molecular formula is C23H15ClFN3O2. The lowest BCUT2D eigenvalue weighted by molar-refractivity contribution is -0.134. The zero-order valence-corrected chi connectivity index (χ0v) is 16.3. The van der Waals surface area contributed by atoms with Crippen molar-refractivity contribution in [2.75, 3.05) is 0 Å². The Morgan fingerprint density at radius 1 is 1.03 bits per heavy atom. The maximum Gasteiger partial charge on any atom is 0.275 e. The van der Waals surface area contributed by atoms with E-state index in [2.05, 4.69) is 6.07 Å². The van der Waals surface area contributed by atoms with E-state index in [9.17, 15) is 19.6 Å². The Kier molecular flexibility index (Phi) is 5.00. The van der Waals surface area contributed by atoms with E-state index in [0.717, 1.165) is 0 Å². The van der Waals surface area contributed by atoms with Crippen LogP contribution >= 0.6 is 11.8 Å². The molecule has 7 heteroatoms. The van der Waals surface area contributed by atoms with Crippen molar-refractivity contribution in [2.45, 2.75) is 5.60 Å². The molecule has 0 fully saturated rings. The van der Waals surface area contributed by atoms with Crippen molar-refractivity contribution in [2.24, 2.45) is 0 Å². The summed E-state index contributed by atoms with van der Waals surface area (Å²) in [6, 6.07) is 23.0. The minimum Gasteiger partial charge on any atom is -0.372 e. The summed E-state index contributed by atoms with van der Waals surface area (Å²) in [7, 11) is 0. The fourth-order valence-electron chi connectivity index (χ4n) is 3.57. The second-order valence-corrected chi connectivity index (χ2v) is 6.92. The molecule has 0 aliphatic heterocycles. The SMILES string of the molecule is N#Cc1cc2cc(F)ccc2n1-c1ccc(C(O)(C(=O)NCl)c2ccccc2)cc1. The molecule has 0 saturated carbocycles. The Balaban J connectivity index is 1.84. The van der Waals surface area contributed by atoms with E-state index in [1.807, 2.05) is 4.84 Å². The number of benzene rings is 3. The molecule has 0 aliphatic rings. The Bertz CT molecular complexity index is 1280. The number of fused-ring (bicyclic) bond motifs is 1. The van der Waals surface area contributed by atoms with Crippen molar-refractivity contribution in [1.29, 1.82) is 5.26 Å². The molecule has 0 aliphatic carbocycles. The van der Waals surface area contributed by atoms with E-state index >= 15 is 0 Å². The molecule has 4 rings (SSSR count). The van der Waals surface area contributed by atoms with Crippen LogP contribution in [0.4, 0.5) is 4.39 Å². The van der Waals surface area contributed by atoms with Crippen molar-refractivity contribution in [3.8, 4) is 11.8 Å². The number of hydrogen-bond acceptors (Lipinski definition) is 3. The third kappa shape index (κ3) is 3.11. The van der Waals surface area contributed by atoms with Gasteiger partial charge in [-0.25, -0.2) is 4.39 Å². The summed E-state index contributed by atoms with van der Waals surface area (Å²) in [5.74, 6) is -1.18. The first kappa shape index (κ1) is 19.6. The first-order chi connectivity index (χ1) is 14.5. The van der Waals surface area contributed by atoms with Crippen LogP contribution in [0.2, 0.25) is 0 Å². The second kappa shape index (κ2) is 7.64. The van der Waals surface area contributed by atoms with Crippen LogP contribution in [0.5, 0.6) is 0 Å². The molecule has 1 heterocycles. The molecule has 1 aromatic heterocycles. The van der Waals surface area contributed by atoms with Gasteiger partial charge in [0.05, 0.1) is 5.52 Å². The first-order valence-corrected chi connectivity index (χ1v) is 9.38. The van der Waals surface area contributed by atoms with Gasteiger partial charge in [0.2, 0.25) is 0 Å². The number of halogens is 2. The van der Waals surface area contributed by atoms with Gasteiger partial charge in [0.15, 0.2) is 5.60 Å². The molecule has 0 radical (unpaired) electrons. The largest absolute Gasteiger partial charge is 0.372 e. The van der Waals surface area contributed by atoms with Gasteiger partial charge >= 0.3 is 0 Å². The van der Waals surface area contributed by atoms with Gasteiger partial charge in [-0.1, -0.05) is 42.5 Å². The Hall–Kier alpha value is -3.66. The second-order valence-electron chi connectivity index (χ2n) is 6.73. The van der Waals surface area contributed by atoms with Crippen LogP contribution in [0.15, 0.2) is 78.9 Å². The molecule has 5 nitrogen and oxygen atoms in total. The molecule has 0 spiro atoms. The summed E-state index contributed by atoms with van der Waals surface area (Å²) in [4.78, 5) is 14.5. The smallest absolute Gasteiger partial charge is 0.275 e. The zero-order valence-electron chi connectivity index (χ0n) is 15.5. The zero-order chi connectivity index (χ0) is 21.3. The Morgan fingerprint density at radius 2 is 1.70 bits per heavy atom. The van der Waals surface area contributed by atoms with Crippen molar-refractivity contribution in [3.63, 3.8) is 0 Å². The Morgan fingerprint density at radius 3 is 2.33 bits per heavy atom. The van der Waals surface area contributed by atoms with E-state index in [4.69, 9.17) is 11.8 Å². The quantitative estimate of drug-likeness (QED) is 0.488. The van der Waals surface area contributed by atoms with E-state index in [-0.39, 0.29) is 5.82 Å². The maximum atomic E-state index is 13.6. The average Bonchev–Trinajstić information content (AvgIpc) is 3.16. The molecule has 0 bridgehead atoms. The van der Waals surface area contributed by atoms with Crippen molar-refractivity contribution < 1.29 is 14.3 Å². The molecule has 1 amide bonds. The van der Waals surface area contributed by atoms with Gasteiger partial charge in [-0.2, -0.15) is 5.26 Å². The highest BCUT2D eigenvalue weighted by molar-refractivity contribution is 6.23. The first-order valence-electron chi connectivity index (χ1n) is 9.00. The van der Waals surface area contributed by atoms with Crippen LogP contribution < -0.4 is 4.84 Å². The lowest BCUT2D eigenvalue weighted by Crippen LogP contribution is -2.42. The molecule has 2 N–H and O–H groups in total. The van der Waals surface area contributed by atoms with E-state index in [1.165, 1.54) is 12.1 Å². The minimum absolute atomic E-state index is 0.302. The lowest BCUT2D eigenvalue weighted by atomic mass is 9.85. The van der Waals surface area contributed by atoms with E-state index in [0.29, 0.717) is 33.4 Å². The van der Waals surface area contributed by atoms with Crippen LogP contribution in [0.25, 0.3) is 16.6 Å². The molecule has 1 unspecified atom stereocenters. The van der Waals surface area contributed by atoms with Crippen LogP contribution in [-0.4, -0.2) is 15.6 Å². The molecular weight excluding hydrogens is 405 g/mol. The number of aliphatic hydroxyl groups is 1. The van der Waals surface area contributed by atoms with Gasteiger partial charge in [0.25, 0.3) is 5.91 Å². The van der Waals surface area contributed by atoms with Crippen LogP contribution in [-0.2, 0) is 10.4 Å². The van der Waals surface area contributed by atoms with Crippen molar-refractivity contribution in [3.05, 3.63) is 102 Å². The lowest BCUT2D eigenvalue weighted by Gasteiger charge is -2.27. The minimum atomic E-state index is -2.00. The van der Waals surface area contributed by atoms with Gasteiger partial charge in [-0.15, -0.1) is 0 Å². The summed E-state index contributed by atoms with van der Waals surface area (Å²) in [6.45, 7) is 0. The summed E-state index contributed by atoms with van der Waals surface area (Å²) in [6.07, 6.45) is 0. The average molecular weight is 420 g/mol. The number of rotatable bonds is 4. The number of nitriles is 1. The number of carbonyl (C=O) groups is 1. The van der Waals surface area contributed by atoms with Gasteiger partial charge in [0, 0.05) is 22.9 Å². The van der Waals surface area contributed by atoms with Gasteiger partial charge in [0.1, 0.15) is 17.6 Å². The summed E-state index contributed by atoms with van der Waals surface area (Å²) in [5.41, 5.74) is 0.282. The fraction of sp³-hybridized carbons (Fsp3) is 0.0435. The van der Waals surface area contributed by atoms with Crippen molar-refractivity contribution >= 4 is 28.6 Å². The standard InChI is InChI=1S/C23H15ClFN3O2/c24-27-22(29)23(30,16-4-2-1-3-5-16)17-6-9-19(10-7-17)28-20(14-26)13-15-12-18(25)8-11-21(15)28/h1-13,30H,(H,27,29). The number of aromatic nitrogens is 1. The summed E-state index contributed by atoms with van der Waals surface area (Å²) < 4.78 is 15.3. The highest BCUT2D eigenvalue weighted by atomic mass is 35.5. The number of hydrogen-bond donors (Lipinski definition) is 2. The highest BCUT2D eigenvalue weighted by Gasteiger charge is 2.39. The van der Waals surface area contributed by atoms with Crippen LogP contribution in [0, 0.1) is 17.1 Å². The summed E-state index contributed by atoms with van der Waals surface area (Å²) >= 11 is 5.54. The monoisotopic (exact) mass is 419 g/mol. The van der Waals surface area contributed by atoms with Crippen LogP contribution in [0.1, 0.15) is 16.8 Å². The number of nitrogens with one attached hydrogen (secondary N) is 1. The van der Waals surface area contributed by atoms with E-state index < -0.39 is 11.5 Å². The molecule has 1 atom stereocenters. The maximum absolute atomic E-state index is 13.6. The predicted molar refractivity (Wildman–Crippen MR) is 111 cm³/mol. The third-order valence-corrected chi connectivity index (χ3v) is 5.20. The van der Waals surface area contributed by atoms with Crippen molar-refractivity contribution in [1.82, 2.24) is 9.40 Å². The van der Waals surface area contributed by atoms with E-state index in [1.54, 1.807) is 71.3 Å². The number of amides is 1. The Labute approximate surface area is 176 Å². The molecule has 0 saturated heterocycles. The molecule has 3 aromatic carbocycles. The predicted octanol–water partition coefficient (Wildman–Crippen LogP) is 4.15. The number of carbonyl (C=O) groups excluding carboxylic acids is 1.